The van der Waals surface area contributed by atoms with Crippen molar-refractivity contribution < 1.29 is 23.8 Å². The number of benzene rings is 1. The van der Waals surface area contributed by atoms with Gasteiger partial charge in [-0.2, -0.15) is 0 Å². The molecule has 1 fully saturated rings. The number of carbonyl (C=O) groups excluding carboxylic acids is 2. The minimum atomic E-state index is -0.963. The monoisotopic (exact) mass is 384 g/mol. The number of aliphatic hydroxyl groups excluding tert-OH is 1. The Morgan fingerprint density at radius 3 is 2.75 bits per heavy atom. The van der Waals surface area contributed by atoms with E-state index in [1.54, 1.807) is 35.2 Å². The SMILES string of the molecule is CC[C@@H]1Oc2ccc([C@@H](O)c3ccco3)cc2N(CC(=O)N2CCCC2)C1=O. The number of likely N-dealkylation sites (tertiary alicyclic amines) is 1. The Morgan fingerprint density at radius 2 is 2.07 bits per heavy atom. The van der Waals surface area contributed by atoms with Gasteiger partial charge in [0.2, 0.25) is 5.91 Å². The van der Waals surface area contributed by atoms with Gasteiger partial charge >= 0.3 is 0 Å². The summed E-state index contributed by atoms with van der Waals surface area (Å²) < 4.78 is 11.1. The van der Waals surface area contributed by atoms with Crippen molar-refractivity contribution in [2.24, 2.45) is 0 Å². The van der Waals surface area contributed by atoms with Crippen molar-refractivity contribution in [1.82, 2.24) is 4.90 Å². The molecule has 2 atom stereocenters. The first-order valence-electron chi connectivity index (χ1n) is 9.69. The van der Waals surface area contributed by atoms with Crippen LogP contribution < -0.4 is 9.64 Å². The Hall–Kier alpha value is -2.80. The van der Waals surface area contributed by atoms with Crippen molar-refractivity contribution in [3.8, 4) is 5.75 Å². The zero-order valence-electron chi connectivity index (χ0n) is 15.8. The zero-order chi connectivity index (χ0) is 19.7. The van der Waals surface area contributed by atoms with E-state index in [2.05, 4.69) is 0 Å². The molecule has 148 valence electrons. The molecule has 0 aliphatic carbocycles. The second kappa shape index (κ2) is 7.67. The summed E-state index contributed by atoms with van der Waals surface area (Å²) in [5.41, 5.74) is 1.07. The van der Waals surface area contributed by atoms with Gasteiger partial charge in [0, 0.05) is 13.1 Å². The molecule has 0 spiro atoms. The number of fused-ring (bicyclic) bond motifs is 1. The highest BCUT2D eigenvalue weighted by Crippen LogP contribution is 2.38. The van der Waals surface area contributed by atoms with Crippen LogP contribution in [0.4, 0.5) is 5.69 Å². The number of hydrogen-bond acceptors (Lipinski definition) is 5. The Balaban J connectivity index is 1.66. The molecule has 2 aliphatic rings. The number of nitrogens with zero attached hydrogens (tertiary/aromatic N) is 2. The minimum Gasteiger partial charge on any atom is -0.478 e. The Morgan fingerprint density at radius 1 is 1.29 bits per heavy atom. The predicted molar refractivity (Wildman–Crippen MR) is 102 cm³/mol. The fraction of sp³-hybridized carbons (Fsp3) is 0.429. The topological polar surface area (TPSA) is 83.2 Å². The fourth-order valence-electron chi connectivity index (χ4n) is 3.75. The van der Waals surface area contributed by atoms with Crippen LogP contribution in [0.15, 0.2) is 41.0 Å². The van der Waals surface area contributed by atoms with Crippen LogP contribution >= 0.6 is 0 Å². The third-order valence-electron chi connectivity index (χ3n) is 5.34. The van der Waals surface area contributed by atoms with E-state index < -0.39 is 12.2 Å². The zero-order valence-corrected chi connectivity index (χ0v) is 15.8. The van der Waals surface area contributed by atoms with E-state index in [-0.39, 0.29) is 18.4 Å². The maximum atomic E-state index is 12.9. The van der Waals surface area contributed by atoms with Crippen LogP contribution in [0.25, 0.3) is 0 Å². The summed E-state index contributed by atoms with van der Waals surface area (Å²) in [5, 5.41) is 10.6. The number of ether oxygens (including phenoxy) is 1. The summed E-state index contributed by atoms with van der Waals surface area (Å²) in [4.78, 5) is 28.9. The van der Waals surface area contributed by atoms with Crippen LogP contribution in [-0.4, -0.2) is 47.6 Å². The molecule has 4 rings (SSSR count). The number of carbonyl (C=O) groups is 2. The molecule has 0 saturated carbocycles. The second-order valence-electron chi connectivity index (χ2n) is 7.17. The van der Waals surface area contributed by atoms with E-state index in [1.807, 2.05) is 6.92 Å². The van der Waals surface area contributed by atoms with Gasteiger partial charge in [0.15, 0.2) is 6.10 Å². The van der Waals surface area contributed by atoms with Gasteiger partial charge in [-0.05, 0) is 49.1 Å². The fourth-order valence-corrected chi connectivity index (χ4v) is 3.75. The lowest BCUT2D eigenvalue weighted by atomic mass is 10.0. The molecule has 3 heterocycles. The second-order valence-corrected chi connectivity index (χ2v) is 7.17. The average molecular weight is 384 g/mol. The van der Waals surface area contributed by atoms with Gasteiger partial charge in [-0.15, -0.1) is 0 Å². The summed E-state index contributed by atoms with van der Waals surface area (Å²) in [7, 11) is 0. The van der Waals surface area contributed by atoms with Crippen molar-refractivity contribution in [3.63, 3.8) is 0 Å². The van der Waals surface area contributed by atoms with Gasteiger partial charge in [0.1, 0.15) is 24.2 Å². The molecule has 2 aromatic rings. The molecular weight excluding hydrogens is 360 g/mol. The normalized spacial score (nSPS) is 20.1. The quantitative estimate of drug-likeness (QED) is 0.856. The third-order valence-corrected chi connectivity index (χ3v) is 5.34. The highest BCUT2D eigenvalue weighted by Gasteiger charge is 2.36. The summed E-state index contributed by atoms with van der Waals surface area (Å²) >= 11 is 0. The molecule has 28 heavy (non-hydrogen) atoms. The van der Waals surface area contributed by atoms with Gasteiger partial charge in [0.25, 0.3) is 5.91 Å². The molecular formula is C21H24N2O5. The first-order chi connectivity index (χ1) is 13.6. The number of rotatable bonds is 5. The number of furan rings is 1. The highest BCUT2D eigenvalue weighted by atomic mass is 16.5. The Bertz CT molecular complexity index is 858. The van der Waals surface area contributed by atoms with Crippen LogP contribution in [0, 0.1) is 0 Å². The molecule has 2 amide bonds. The summed E-state index contributed by atoms with van der Waals surface area (Å²) in [5.74, 6) is 0.655. The average Bonchev–Trinajstić information content (AvgIpc) is 3.43. The lowest BCUT2D eigenvalue weighted by Crippen LogP contribution is -2.50. The van der Waals surface area contributed by atoms with Gasteiger partial charge in [-0.25, -0.2) is 0 Å². The first-order valence-corrected chi connectivity index (χ1v) is 9.69. The number of anilines is 1. The van der Waals surface area contributed by atoms with Crippen molar-refractivity contribution in [1.29, 1.82) is 0 Å². The summed E-state index contributed by atoms with van der Waals surface area (Å²) in [6.45, 7) is 3.33. The van der Waals surface area contributed by atoms with Crippen LogP contribution in [0.1, 0.15) is 43.6 Å². The molecule has 0 unspecified atom stereocenters. The largest absolute Gasteiger partial charge is 0.478 e. The predicted octanol–water partition coefficient (Wildman–Crippen LogP) is 2.49. The van der Waals surface area contributed by atoms with Gasteiger partial charge in [0.05, 0.1) is 12.0 Å². The van der Waals surface area contributed by atoms with Gasteiger partial charge < -0.3 is 19.2 Å². The van der Waals surface area contributed by atoms with E-state index >= 15 is 0 Å². The van der Waals surface area contributed by atoms with Crippen molar-refractivity contribution in [2.45, 2.75) is 38.4 Å². The standard InChI is InChI=1S/C21H24N2O5/c1-2-16-21(26)23(13-19(24)22-9-3-4-10-22)15-12-14(7-8-17(15)28-16)20(25)18-6-5-11-27-18/h5-8,11-12,16,20,25H,2-4,9-10,13H2,1H3/t16-,20+/m0/s1. The summed E-state index contributed by atoms with van der Waals surface area (Å²) in [6, 6.07) is 8.57. The molecule has 0 radical (unpaired) electrons. The lowest BCUT2D eigenvalue weighted by molar-refractivity contribution is -0.132. The number of hydrogen-bond donors (Lipinski definition) is 1. The maximum Gasteiger partial charge on any atom is 0.268 e. The maximum absolute atomic E-state index is 12.9. The lowest BCUT2D eigenvalue weighted by Gasteiger charge is -2.35. The minimum absolute atomic E-state index is 0.0218. The number of aliphatic hydroxyl groups is 1. The first kappa shape index (κ1) is 18.6. The molecule has 1 aromatic carbocycles. The van der Waals surface area contributed by atoms with E-state index in [9.17, 15) is 14.7 Å². The molecule has 1 N–H and O–H groups in total. The Kier molecular flexibility index (Phi) is 5.09. The van der Waals surface area contributed by atoms with Gasteiger partial charge in [-0.1, -0.05) is 13.0 Å². The van der Waals surface area contributed by atoms with E-state index in [4.69, 9.17) is 9.15 Å². The van der Waals surface area contributed by atoms with E-state index in [0.29, 0.717) is 29.2 Å². The molecule has 0 bridgehead atoms. The van der Waals surface area contributed by atoms with Crippen molar-refractivity contribution >= 4 is 17.5 Å². The van der Waals surface area contributed by atoms with Crippen molar-refractivity contribution in [2.75, 3.05) is 24.5 Å². The van der Waals surface area contributed by atoms with E-state index in [1.165, 1.54) is 11.2 Å². The highest BCUT2D eigenvalue weighted by molar-refractivity contribution is 6.04. The van der Waals surface area contributed by atoms with Crippen LogP contribution in [-0.2, 0) is 9.59 Å². The molecule has 1 saturated heterocycles. The van der Waals surface area contributed by atoms with Crippen LogP contribution in [0.3, 0.4) is 0 Å². The smallest absolute Gasteiger partial charge is 0.268 e. The molecule has 1 aromatic heterocycles. The third kappa shape index (κ3) is 3.38. The molecule has 7 heteroatoms. The van der Waals surface area contributed by atoms with Crippen LogP contribution in [0.2, 0.25) is 0 Å². The van der Waals surface area contributed by atoms with Gasteiger partial charge in [-0.3, -0.25) is 14.5 Å². The Labute approximate surface area is 163 Å². The van der Waals surface area contributed by atoms with Crippen molar-refractivity contribution in [3.05, 3.63) is 47.9 Å². The summed E-state index contributed by atoms with van der Waals surface area (Å²) in [6.07, 6.45) is 2.43. The van der Waals surface area contributed by atoms with E-state index in [0.717, 1.165) is 25.9 Å². The van der Waals surface area contributed by atoms with Crippen LogP contribution in [0.5, 0.6) is 5.75 Å². The molecule has 7 nitrogen and oxygen atoms in total. The number of amides is 2. The molecule has 2 aliphatic heterocycles.